The lowest BCUT2D eigenvalue weighted by atomic mass is 10.1. The number of aromatic nitrogens is 1. The fourth-order valence-electron chi connectivity index (χ4n) is 3.16. The second-order valence-corrected chi connectivity index (χ2v) is 7.50. The molecule has 3 aromatic rings. The van der Waals surface area contributed by atoms with E-state index < -0.39 is 0 Å². The van der Waals surface area contributed by atoms with E-state index in [2.05, 4.69) is 31.3 Å². The highest BCUT2D eigenvalue weighted by Crippen LogP contribution is 2.42. The maximum atomic E-state index is 5.51. The highest BCUT2D eigenvalue weighted by molar-refractivity contribution is 7.15. The van der Waals surface area contributed by atoms with E-state index in [-0.39, 0.29) is 12.8 Å². The third-order valence-corrected chi connectivity index (χ3v) is 5.97. The van der Waals surface area contributed by atoms with E-state index >= 15 is 0 Å². The second kappa shape index (κ2) is 7.58. The molecular formula is C21H22N2O3S. The van der Waals surface area contributed by atoms with Gasteiger partial charge in [-0.25, -0.2) is 4.98 Å². The average Bonchev–Trinajstić information content (AvgIpc) is 3.32. The van der Waals surface area contributed by atoms with Crippen LogP contribution in [0.1, 0.15) is 29.1 Å². The van der Waals surface area contributed by atoms with Gasteiger partial charge in [-0.15, -0.1) is 11.3 Å². The van der Waals surface area contributed by atoms with Gasteiger partial charge in [-0.1, -0.05) is 30.3 Å². The van der Waals surface area contributed by atoms with Crippen molar-refractivity contribution in [3.8, 4) is 27.8 Å². The summed E-state index contributed by atoms with van der Waals surface area (Å²) in [5, 5.41) is 4.64. The maximum absolute atomic E-state index is 5.51. The Morgan fingerprint density at radius 1 is 1.22 bits per heavy atom. The quantitative estimate of drug-likeness (QED) is 0.669. The van der Waals surface area contributed by atoms with Gasteiger partial charge in [0, 0.05) is 23.0 Å². The van der Waals surface area contributed by atoms with Gasteiger partial charge >= 0.3 is 0 Å². The van der Waals surface area contributed by atoms with Crippen molar-refractivity contribution in [2.75, 3.05) is 13.9 Å². The fourth-order valence-corrected chi connectivity index (χ4v) is 4.26. The highest BCUT2D eigenvalue weighted by Gasteiger charge is 2.21. The van der Waals surface area contributed by atoms with E-state index in [1.807, 2.05) is 30.3 Å². The van der Waals surface area contributed by atoms with Crippen LogP contribution >= 0.6 is 11.3 Å². The zero-order valence-electron chi connectivity index (χ0n) is 15.6. The van der Waals surface area contributed by atoms with Crippen molar-refractivity contribution < 1.29 is 14.2 Å². The predicted molar refractivity (Wildman–Crippen MR) is 107 cm³/mol. The average molecular weight is 382 g/mol. The summed E-state index contributed by atoms with van der Waals surface area (Å²) in [5.41, 5.74) is 3.32. The summed E-state index contributed by atoms with van der Waals surface area (Å²) in [7, 11) is 1.64. The fraction of sp³-hybridized carbons (Fsp3) is 0.286. The van der Waals surface area contributed by atoms with E-state index in [0.29, 0.717) is 18.0 Å². The highest BCUT2D eigenvalue weighted by atomic mass is 32.1. The molecule has 140 valence electrons. The van der Waals surface area contributed by atoms with Gasteiger partial charge in [-0.05, 0) is 31.5 Å². The SMILES string of the molecule is COc1cc(CNC(C)c2sc(-c3ccccc3)nc2C)cc2c1OCO2. The van der Waals surface area contributed by atoms with Crippen molar-refractivity contribution in [2.24, 2.45) is 0 Å². The number of hydrogen-bond acceptors (Lipinski definition) is 6. The van der Waals surface area contributed by atoms with Gasteiger partial charge < -0.3 is 19.5 Å². The van der Waals surface area contributed by atoms with Gasteiger partial charge in [0.2, 0.25) is 12.5 Å². The smallest absolute Gasteiger partial charge is 0.231 e. The summed E-state index contributed by atoms with van der Waals surface area (Å²) in [6.07, 6.45) is 0. The lowest BCUT2D eigenvalue weighted by molar-refractivity contribution is 0.171. The number of benzene rings is 2. The molecule has 1 unspecified atom stereocenters. The molecule has 1 aliphatic heterocycles. The van der Waals surface area contributed by atoms with E-state index in [4.69, 9.17) is 19.2 Å². The van der Waals surface area contributed by atoms with Crippen LogP contribution in [0, 0.1) is 6.92 Å². The maximum Gasteiger partial charge on any atom is 0.231 e. The van der Waals surface area contributed by atoms with Gasteiger partial charge in [0.25, 0.3) is 0 Å². The van der Waals surface area contributed by atoms with Gasteiger partial charge in [0.15, 0.2) is 11.5 Å². The third kappa shape index (κ3) is 3.63. The first-order valence-electron chi connectivity index (χ1n) is 8.88. The van der Waals surface area contributed by atoms with Crippen LogP contribution in [0.4, 0.5) is 0 Å². The summed E-state index contributed by atoms with van der Waals surface area (Å²) < 4.78 is 16.4. The number of fused-ring (bicyclic) bond motifs is 1. The summed E-state index contributed by atoms with van der Waals surface area (Å²) in [6, 6.07) is 14.5. The molecule has 0 saturated carbocycles. The van der Waals surface area contributed by atoms with Crippen molar-refractivity contribution in [3.63, 3.8) is 0 Å². The molecule has 27 heavy (non-hydrogen) atoms. The zero-order chi connectivity index (χ0) is 18.8. The minimum atomic E-state index is 0.191. The first-order valence-corrected chi connectivity index (χ1v) is 9.70. The van der Waals surface area contributed by atoms with Crippen molar-refractivity contribution >= 4 is 11.3 Å². The van der Waals surface area contributed by atoms with Gasteiger partial charge in [-0.2, -0.15) is 0 Å². The van der Waals surface area contributed by atoms with Gasteiger partial charge in [0.1, 0.15) is 5.01 Å². The van der Waals surface area contributed by atoms with E-state index in [0.717, 1.165) is 27.6 Å². The van der Waals surface area contributed by atoms with E-state index in [1.165, 1.54) is 4.88 Å². The molecule has 2 heterocycles. The molecule has 6 heteroatoms. The Balaban J connectivity index is 1.49. The lowest BCUT2D eigenvalue weighted by Gasteiger charge is -2.14. The number of thiazole rings is 1. The molecular weight excluding hydrogens is 360 g/mol. The molecule has 2 aromatic carbocycles. The Morgan fingerprint density at radius 3 is 2.81 bits per heavy atom. The zero-order valence-corrected chi connectivity index (χ0v) is 16.4. The van der Waals surface area contributed by atoms with Gasteiger partial charge in [-0.3, -0.25) is 0 Å². The Morgan fingerprint density at radius 2 is 2.04 bits per heavy atom. The molecule has 1 atom stereocenters. The summed E-state index contributed by atoms with van der Waals surface area (Å²) in [5.74, 6) is 2.12. The van der Waals surface area contributed by atoms with E-state index in [1.54, 1.807) is 18.4 Å². The predicted octanol–water partition coefficient (Wildman–Crippen LogP) is 4.71. The molecule has 0 saturated heterocycles. The number of nitrogens with one attached hydrogen (secondary N) is 1. The minimum Gasteiger partial charge on any atom is -0.493 e. The molecule has 5 nitrogen and oxygen atoms in total. The molecule has 0 aliphatic carbocycles. The molecule has 1 aromatic heterocycles. The summed E-state index contributed by atoms with van der Waals surface area (Å²) in [4.78, 5) is 6.01. The Bertz CT molecular complexity index is 940. The molecule has 0 fully saturated rings. The third-order valence-electron chi connectivity index (χ3n) is 4.58. The molecule has 1 aliphatic rings. The molecule has 0 spiro atoms. The molecule has 1 N–H and O–H groups in total. The second-order valence-electron chi connectivity index (χ2n) is 6.47. The number of hydrogen-bond donors (Lipinski definition) is 1. The number of methoxy groups -OCH3 is 1. The normalized spacial score (nSPS) is 13.6. The van der Waals surface area contributed by atoms with Crippen LogP contribution in [0.3, 0.4) is 0 Å². The Kier molecular flexibility index (Phi) is 5.01. The van der Waals surface area contributed by atoms with Crippen LogP contribution in [0.5, 0.6) is 17.2 Å². The van der Waals surface area contributed by atoms with Crippen LogP contribution in [0.15, 0.2) is 42.5 Å². The first kappa shape index (κ1) is 17.8. The van der Waals surface area contributed by atoms with Crippen LogP contribution in [0.2, 0.25) is 0 Å². The Labute approximate surface area is 162 Å². The van der Waals surface area contributed by atoms with Crippen LogP contribution in [0.25, 0.3) is 10.6 Å². The van der Waals surface area contributed by atoms with Crippen LogP contribution < -0.4 is 19.5 Å². The lowest BCUT2D eigenvalue weighted by Crippen LogP contribution is -2.18. The molecule has 0 amide bonds. The van der Waals surface area contributed by atoms with Crippen molar-refractivity contribution in [1.82, 2.24) is 10.3 Å². The summed E-state index contributed by atoms with van der Waals surface area (Å²) >= 11 is 1.74. The summed E-state index contributed by atoms with van der Waals surface area (Å²) in [6.45, 7) is 5.17. The minimum absolute atomic E-state index is 0.191. The standard InChI is InChI=1S/C21H22N2O3S/c1-13(20-14(2)23-21(27-20)16-7-5-4-6-8-16)22-11-15-9-17(24-3)19-18(10-15)25-12-26-19/h4-10,13,22H,11-12H2,1-3H3. The molecule has 0 bridgehead atoms. The van der Waals surface area contributed by atoms with Crippen LogP contribution in [-0.4, -0.2) is 18.9 Å². The molecule has 0 radical (unpaired) electrons. The number of nitrogens with zero attached hydrogens (tertiary/aromatic N) is 1. The number of ether oxygens (including phenoxy) is 3. The number of aryl methyl sites for hydroxylation is 1. The van der Waals surface area contributed by atoms with Crippen molar-refractivity contribution in [2.45, 2.75) is 26.4 Å². The largest absolute Gasteiger partial charge is 0.493 e. The Hall–Kier alpha value is -2.57. The topological polar surface area (TPSA) is 52.6 Å². The van der Waals surface area contributed by atoms with Gasteiger partial charge in [0.05, 0.1) is 12.8 Å². The number of rotatable bonds is 6. The van der Waals surface area contributed by atoms with E-state index in [9.17, 15) is 0 Å². The van der Waals surface area contributed by atoms with Crippen molar-refractivity contribution in [1.29, 1.82) is 0 Å². The monoisotopic (exact) mass is 382 g/mol. The molecule has 4 rings (SSSR count). The first-order chi connectivity index (χ1) is 13.2. The van der Waals surface area contributed by atoms with Crippen molar-refractivity contribution in [3.05, 3.63) is 58.6 Å². The van der Waals surface area contributed by atoms with Crippen LogP contribution in [-0.2, 0) is 6.54 Å².